The molecule has 0 saturated carbocycles. The van der Waals surface area contributed by atoms with Crippen LogP contribution in [0.15, 0.2) is 59.5 Å². The standard InChI is InChI=1S/C19H24N4O5S2/c1-21(2)30(27,28)23-14-12-22(13-15-23)19(24)16-8-10-18(11-9-16)29(25,26)20-17-6-4-3-5-7-17/h3-11,20H,12-15H2,1-2H3. The van der Waals surface area contributed by atoms with Gasteiger partial charge in [0.1, 0.15) is 0 Å². The molecule has 0 unspecified atom stereocenters. The third-order valence-electron chi connectivity index (χ3n) is 4.75. The first kappa shape index (κ1) is 22.2. The monoisotopic (exact) mass is 452 g/mol. The number of carbonyl (C=O) groups excluding carboxylic acids is 1. The van der Waals surface area contributed by atoms with Gasteiger partial charge < -0.3 is 4.90 Å². The van der Waals surface area contributed by atoms with Crippen molar-refractivity contribution in [3.63, 3.8) is 0 Å². The number of nitrogens with zero attached hydrogens (tertiary/aromatic N) is 3. The first-order chi connectivity index (χ1) is 14.1. The maximum Gasteiger partial charge on any atom is 0.281 e. The van der Waals surface area contributed by atoms with E-state index in [9.17, 15) is 21.6 Å². The molecule has 1 aliphatic rings. The quantitative estimate of drug-likeness (QED) is 0.705. The van der Waals surface area contributed by atoms with Gasteiger partial charge in [-0.05, 0) is 36.4 Å². The summed E-state index contributed by atoms with van der Waals surface area (Å²) in [5.74, 6) is -0.267. The molecule has 0 aliphatic carbocycles. The molecule has 1 N–H and O–H groups in total. The predicted octanol–water partition coefficient (Wildman–Crippen LogP) is 1.05. The summed E-state index contributed by atoms with van der Waals surface area (Å²) in [4.78, 5) is 14.3. The molecule has 1 heterocycles. The van der Waals surface area contributed by atoms with Crippen LogP contribution in [0.4, 0.5) is 5.69 Å². The zero-order valence-corrected chi connectivity index (χ0v) is 18.4. The van der Waals surface area contributed by atoms with Crippen LogP contribution in [0.1, 0.15) is 10.4 Å². The molecule has 2 aromatic carbocycles. The molecule has 1 aliphatic heterocycles. The van der Waals surface area contributed by atoms with Crippen molar-refractivity contribution in [3.05, 3.63) is 60.2 Å². The average Bonchev–Trinajstić information content (AvgIpc) is 2.73. The Morgan fingerprint density at radius 1 is 0.867 bits per heavy atom. The summed E-state index contributed by atoms with van der Waals surface area (Å²) in [5, 5.41) is 0. The van der Waals surface area contributed by atoms with Crippen LogP contribution in [0.25, 0.3) is 0 Å². The van der Waals surface area contributed by atoms with Crippen molar-refractivity contribution in [2.24, 2.45) is 0 Å². The first-order valence-corrected chi connectivity index (χ1v) is 12.1. The summed E-state index contributed by atoms with van der Waals surface area (Å²) in [6.45, 7) is 0.947. The lowest BCUT2D eigenvalue weighted by molar-refractivity contribution is 0.0695. The summed E-state index contributed by atoms with van der Waals surface area (Å²) in [6.07, 6.45) is 0. The van der Waals surface area contributed by atoms with Crippen LogP contribution in [0.5, 0.6) is 0 Å². The normalized spacial score (nSPS) is 15.9. The largest absolute Gasteiger partial charge is 0.336 e. The Kier molecular flexibility index (Phi) is 6.46. The van der Waals surface area contributed by atoms with E-state index in [2.05, 4.69) is 4.72 Å². The lowest BCUT2D eigenvalue weighted by atomic mass is 10.2. The second-order valence-electron chi connectivity index (χ2n) is 6.98. The van der Waals surface area contributed by atoms with Crippen LogP contribution in [0.2, 0.25) is 0 Å². The molecular weight excluding hydrogens is 428 g/mol. The van der Waals surface area contributed by atoms with Gasteiger partial charge in [-0.15, -0.1) is 0 Å². The highest BCUT2D eigenvalue weighted by Crippen LogP contribution is 2.18. The Labute approximate surface area is 177 Å². The van der Waals surface area contributed by atoms with Crippen LogP contribution in [0, 0.1) is 0 Å². The van der Waals surface area contributed by atoms with Crippen molar-refractivity contribution in [2.45, 2.75) is 4.90 Å². The van der Waals surface area contributed by atoms with Gasteiger partial charge in [-0.25, -0.2) is 8.42 Å². The van der Waals surface area contributed by atoms with Crippen LogP contribution in [0.3, 0.4) is 0 Å². The molecule has 1 saturated heterocycles. The van der Waals surface area contributed by atoms with E-state index in [0.29, 0.717) is 11.3 Å². The van der Waals surface area contributed by atoms with Gasteiger partial charge in [0.05, 0.1) is 4.90 Å². The number of benzene rings is 2. The number of carbonyl (C=O) groups is 1. The predicted molar refractivity (Wildman–Crippen MR) is 114 cm³/mol. The Bertz CT molecular complexity index is 1090. The van der Waals surface area contributed by atoms with Crippen molar-refractivity contribution in [3.8, 4) is 0 Å². The Balaban J connectivity index is 1.66. The Morgan fingerprint density at radius 3 is 1.97 bits per heavy atom. The molecule has 2 aromatic rings. The summed E-state index contributed by atoms with van der Waals surface area (Å²) >= 11 is 0. The average molecular weight is 453 g/mol. The fourth-order valence-corrected chi connectivity index (χ4v) is 5.18. The number of anilines is 1. The van der Waals surface area contributed by atoms with Gasteiger partial charge in [0, 0.05) is 51.5 Å². The molecule has 162 valence electrons. The summed E-state index contributed by atoms with van der Waals surface area (Å²) in [7, 11) is -4.34. The van der Waals surface area contributed by atoms with Gasteiger partial charge >= 0.3 is 0 Å². The second kappa shape index (κ2) is 8.72. The summed E-state index contributed by atoms with van der Waals surface area (Å²) < 4.78 is 54.3. The van der Waals surface area contributed by atoms with Crippen molar-refractivity contribution < 1.29 is 21.6 Å². The molecule has 11 heteroatoms. The van der Waals surface area contributed by atoms with Crippen LogP contribution < -0.4 is 4.72 Å². The molecule has 9 nitrogen and oxygen atoms in total. The lowest BCUT2D eigenvalue weighted by Crippen LogP contribution is -2.53. The minimum atomic E-state index is -3.77. The fraction of sp³-hybridized carbons (Fsp3) is 0.316. The highest BCUT2D eigenvalue weighted by atomic mass is 32.2. The maximum absolute atomic E-state index is 12.7. The van der Waals surface area contributed by atoms with Gasteiger partial charge in [-0.2, -0.15) is 17.0 Å². The van der Waals surface area contributed by atoms with Crippen LogP contribution in [-0.4, -0.2) is 76.5 Å². The molecule has 3 rings (SSSR count). The number of nitrogens with one attached hydrogen (secondary N) is 1. The molecule has 0 aromatic heterocycles. The van der Waals surface area contributed by atoms with Crippen molar-refractivity contribution in [1.82, 2.24) is 13.5 Å². The second-order valence-corrected chi connectivity index (χ2v) is 10.8. The summed E-state index contributed by atoms with van der Waals surface area (Å²) in [5.41, 5.74) is 0.792. The van der Waals surface area contributed by atoms with E-state index < -0.39 is 20.2 Å². The molecule has 1 fully saturated rings. The van der Waals surface area contributed by atoms with E-state index in [4.69, 9.17) is 0 Å². The van der Waals surface area contributed by atoms with Gasteiger partial charge in [0.2, 0.25) is 0 Å². The van der Waals surface area contributed by atoms with Gasteiger partial charge in [0.25, 0.3) is 26.1 Å². The number of piperazine rings is 1. The first-order valence-electron chi connectivity index (χ1n) is 9.26. The highest BCUT2D eigenvalue weighted by Gasteiger charge is 2.30. The minimum Gasteiger partial charge on any atom is -0.336 e. The molecule has 1 amide bonds. The topological polar surface area (TPSA) is 107 Å². The van der Waals surface area contributed by atoms with E-state index in [1.165, 1.54) is 42.7 Å². The van der Waals surface area contributed by atoms with E-state index in [-0.39, 0.29) is 37.0 Å². The van der Waals surface area contributed by atoms with Crippen molar-refractivity contribution in [1.29, 1.82) is 0 Å². The molecule has 30 heavy (non-hydrogen) atoms. The third kappa shape index (κ3) is 4.81. The minimum absolute atomic E-state index is 0.0461. The highest BCUT2D eigenvalue weighted by molar-refractivity contribution is 7.92. The van der Waals surface area contributed by atoms with Gasteiger partial charge in [-0.3, -0.25) is 9.52 Å². The van der Waals surface area contributed by atoms with Crippen molar-refractivity contribution >= 4 is 31.8 Å². The van der Waals surface area contributed by atoms with Crippen LogP contribution in [-0.2, 0) is 20.2 Å². The number of rotatable bonds is 6. The molecule has 0 radical (unpaired) electrons. The SMILES string of the molecule is CN(C)S(=O)(=O)N1CCN(C(=O)c2ccc(S(=O)(=O)Nc3ccccc3)cc2)CC1. The van der Waals surface area contributed by atoms with Gasteiger partial charge in [-0.1, -0.05) is 18.2 Å². The van der Waals surface area contributed by atoms with E-state index in [1.807, 2.05) is 0 Å². The zero-order valence-electron chi connectivity index (χ0n) is 16.7. The summed E-state index contributed by atoms with van der Waals surface area (Å²) in [6, 6.07) is 14.2. The molecule has 0 bridgehead atoms. The molecule has 0 spiro atoms. The number of sulfonamides is 1. The Morgan fingerprint density at radius 2 is 1.43 bits per heavy atom. The lowest BCUT2D eigenvalue weighted by Gasteiger charge is -2.35. The number of amides is 1. The van der Waals surface area contributed by atoms with E-state index >= 15 is 0 Å². The van der Waals surface area contributed by atoms with Crippen LogP contribution >= 0.6 is 0 Å². The number of hydrogen-bond acceptors (Lipinski definition) is 5. The zero-order chi connectivity index (χ0) is 21.9. The van der Waals surface area contributed by atoms with Gasteiger partial charge in [0.15, 0.2) is 0 Å². The van der Waals surface area contributed by atoms with E-state index in [0.717, 1.165) is 4.31 Å². The Hall–Kier alpha value is -2.47. The smallest absolute Gasteiger partial charge is 0.281 e. The van der Waals surface area contributed by atoms with E-state index in [1.54, 1.807) is 35.2 Å². The van der Waals surface area contributed by atoms with Crippen molar-refractivity contribution in [2.75, 3.05) is 45.0 Å². The maximum atomic E-state index is 12.7. The third-order valence-corrected chi connectivity index (χ3v) is 8.09. The molecular formula is C19H24N4O5S2. The fourth-order valence-electron chi connectivity index (χ4n) is 3.03. The number of hydrogen-bond donors (Lipinski definition) is 1. The number of para-hydroxylation sites is 1. The molecule has 0 atom stereocenters.